The second-order valence-electron chi connectivity index (χ2n) is 3.92. The van der Waals surface area contributed by atoms with Gasteiger partial charge in [-0.25, -0.2) is 24.5 Å². The SMILES string of the molecule is Nc1cccc(NS(=O)(=O)c2cccc(NF)c2NF)n1. The third-order valence-electron chi connectivity index (χ3n) is 2.52. The van der Waals surface area contributed by atoms with E-state index in [-0.39, 0.29) is 17.3 Å². The molecule has 112 valence electrons. The first-order chi connectivity index (χ1) is 9.97. The Morgan fingerprint density at radius 1 is 1.05 bits per heavy atom. The summed E-state index contributed by atoms with van der Waals surface area (Å²) in [5.41, 5.74) is 6.87. The highest BCUT2D eigenvalue weighted by molar-refractivity contribution is 7.92. The number of benzene rings is 1. The summed E-state index contributed by atoms with van der Waals surface area (Å²) in [6.07, 6.45) is 0. The van der Waals surface area contributed by atoms with Crippen molar-refractivity contribution in [1.29, 1.82) is 0 Å². The minimum Gasteiger partial charge on any atom is -0.384 e. The van der Waals surface area contributed by atoms with Crippen LogP contribution in [0, 0.1) is 0 Å². The Morgan fingerprint density at radius 3 is 2.38 bits per heavy atom. The van der Waals surface area contributed by atoms with Crippen LogP contribution < -0.4 is 21.5 Å². The molecular formula is C11H11F2N5O2S. The molecule has 0 aliphatic rings. The molecule has 0 radical (unpaired) electrons. The van der Waals surface area contributed by atoms with Gasteiger partial charge in [0, 0.05) is 0 Å². The van der Waals surface area contributed by atoms with Gasteiger partial charge >= 0.3 is 0 Å². The molecule has 2 rings (SSSR count). The fraction of sp³-hybridized carbons (Fsp3) is 0. The zero-order chi connectivity index (χ0) is 15.5. The normalized spacial score (nSPS) is 11.0. The van der Waals surface area contributed by atoms with E-state index in [9.17, 15) is 17.4 Å². The first-order valence-electron chi connectivity index (χ1n) is 5.59. The van der Waals surface area contributed by atoms with Gasteiger partial charge in [-0.3, -0.25) is 4.72 Å². The number of halogens is 2. The summed E-state index contributed by atoms with van der Waals surface area (Å²) in [7, 11) is -4.18. The van der Waals surface area contributed by atoms with Gasteiger partial charge in [-0.15, -0.1) is 8.96 Å². The van der Waals surface area contributed by atoms with E-state index < -0.39 is 20.6 Å². The second kappa shape index (κ2) is 5.79. The Kier molecular flexibility index (Phi) is 4.08. The molecule has 7 nitrogen and oxygen atoms in total. The number of hydrogen-bond donors (Lipinski definition) is 4. The van der Waals surface area contributed by atoms with Crippen LogP contribution in [0.1, 0.15) is 0 Å². The van der Waals surface area contributed by atoms with Crippen molar-refractivity contribution in [2.24, 2.45) is 0 Å². The van der Waals surface area contributed by atoms with E-state index in [1.165, 1.54) is 35.9 Å². The molecule has 0 aliphatic carbocycles. The van der Waals surface area contributed by atoms with Crippen LogP contribution in [0.3, 0.4) is 0 Å². The van der Waals surface area contributed by atoms with E-state index in [4.69, 9.17) is 5.73 Å². The quantitative estimate of drug-likeness (QED) is 0.629. The lowest BCUT2D eigenvalue weighted by atomic mass is 10.3. The monoisotopic (exact) mass is 315 g/mol. The predicted octanol–water partition coefficient (Wildman–Crippen LogP) is 2.06. The Labute approximate surface area is 119 Å². The van der Waals surface area contributed by atoms with E-state index in [1.807, 2.05) is 0 Å². The summed E-state index contributed by atoms with van der Waals surface area (Å²) in [4.78, 5) is 3.28. The van der Waals surface area contributed by atoms with Gasteiger partial charge in [0.25, 0.3) is 10.0 Å². The molecule has 0 atom stereocenters. The van der Waals surface area contributed by atoms with Crippen LogP contribution >= 0.6 is 0 Å². The zero-order valence-electron chi connectivity index (χ0n) is 10.5. The number of sulfonamides is 1. The van der Waals surface area contributed by atoms with Crippen molar-refractivity contribution >= 4 is 33.0 Å². The third-order valence-corrected chi connectivity index (χ3v) is 3.92. The number of nitrogens with zero attached hydrogens (tertiary/aromatic N) is 1. The van der Waals surface area contributed by atoms with Crippen molar-refractivity contribution in [3.63, 3.8) is 0 Å². The number of nitrogens with two attached hydrogens (primary N) is 1. The molecule has 1 aromatic heterocycles. The predicted molar refractivity (Wildman–Crippen MR) is 75.4 cm³/mol. The Bertz CT molecular complexity index is 754. The molecule has 0 aliphatic heterocycles. The van der Waals surface area contributed by atoms with Crippen molar-refractivity contribution in [3.05, 3.63) is 36.4 Å². The molecule has 10 heteroatoms. The second-order valence-corrected chi connectivity index (χ2v) is 5.57. The zero-order valence-corrected chi connectivity index (χ0v) is 11.3. The number of hydrogen-bond acceptors (Lipinski definition) is 6. The molecule has 0 saturated carbocycles. The summed E-state index contributed by atoms with van der Waals surface area (Å²) in [6.45, 7) is 0. The van der Waals surface area contributed by atoms with E-state index in [2.05, 4.69) is 9.71 Å². The van der Waals surface area contributed by atoms with Gasteiger partial charge in [0.15, 0.2) is 0 Å². The highest BCUT2D eigenvalue weighted by Gasteiger charge is 2.22. The Morgan fingerprint density at radius 2 is 1.76 bits per heavy atom. The maximum Gasteiger partial charge on any atom is 0.265 e. The van der Waals surface area contributed by atoms with E-state index in [1.54, 1.807) is 0 Å². The summed E-state index contributed by atoms with van der Waals surface area (Å²) in [5.74, 6) is 0.0663. The van der Waals surface area contributed by atoms with Crippen molar-refractivity contribution in [2.45, 2.75) is 4.90 Å². The third kappa shape index (κ3) is 3.11. The Hall–Kier alpha value is -2.62. The van der Waals surface area contributed by atoms with Crippen LogP contribution in [0.15, 0.2) is 41.3 Å². The molecule has 0 spiro atoms. The number of rotatable bonds is 5. The number of anilines is 4. The molecule has 0 fully saturated rings. The van der Waals surface area contributed by atoms with Crippen molar-refractivity contribution in [1.82, 2.24) is 4.98 Å². The maximum atomic E-state index is 12.8. The summed E-state index contributed by atoms with van der Waals surface area (Å²) >= 11 is 0. The molecule has 0 saturated heterocycles. The molecular weight excluding hydrogens is 304 g/mol. The molecule has 1 aromatic carbocycles. The number of pyridine rings is 1. The smallest absolute Gasteiger partial charge is 0.265 e. The largest absolute Gasteiger partial charge is 0.384 e. The van der Waals surface area contributed by atoms with Crippen LogP contribution in [-0.4, -0.2) is 13.4 Å². The summed E-state index contributed by atoms with van der Waals surface area (Å²) < 4.78 is 51.9. The number of aromatic nitrogens is 1. The molecule has 0 bridgehead atoms. The van der Waals surface area contributed by atoms with Gasteiger partial charge in [0.2, 0.25) is 0 Å². The van der Waals surface area contributed by atoms with Crippen LogP contribution in [0.5, 0.6) is 0 Å². The van der Waals surface area contributed by atoms with Crippen molar-refractivity contribution in [2.75, 3.05) is 21.5 Å². The highest BCUT2D eigenvalue weighted by Crippen LogP contribution is 2.31. The minimum absolute atomic E-state index is 0.0431. The van der Waals surface area contributed by atoms with Gasteiger partial charge in [-0.1, -0.05) is 12.1 Å². The molecule has 0 unspecified atom stereocenters. The lowest BCUT2D eigenvalue weighted by molar-refractivity contribution is 0.589. The van der Waals surface area contributed by atoms with E-state index >= 15 is 0 Å². The minimum atomic E-state index is -4.18. The Balaban J connectivity index is 2.45. The van der Waals surface area contributed by atoms with Gasteiger partial charge in [-0.2, -0.15) is 0 Å². The first kappa shape index (κ1) is 14.8. The first-order valence-corrected chi connectivity index (χ1v) is 7.08. The molecule has 5 N–H and O–H groups in total. The number of nitrogens with one attached hydrogen (secondary N) is 3. The van der Waals surface area contributed by atoms with Gasteiger partial charge in [0.05, 0.1) is 5.69 Å². The fourth-order valence-electron chi connectivity index (χ4n) is 1.63. The maximum absolute atomic E-state index is 12.8. The van der Waals surface area contributed by atoms with Crippen molar-refractivity contribution in [3.8, 4) is 0 Å². The topological polar surface area (TPSA) is 109 Å². The number of para-hydroxylation sites is 1. The number of nitrogen functional groups attached to an aromatic ring is 1. The fourth-order valence-corrected chi connectivity index (χ4v) is 2.81. The van der Waals surface area contributed by atoms with E-state index in [0.29, 0.717) is 0 Å². The van der Waals surface area contributed by atoms with Gasteiger partial charge in [-0.05, 0) is 24.3 Å². The van der Waals surface area contributed by atoms with Gasteiger partial charge < -0.3 is 5.73 Å². The lowest BCUT2D eigenvalue weighted by Crippen LogP contribution is -2.16. The summed E-state index contributed by atoms with van der Waals surface area (Å²) in [5, 5.41) is 0. The lowest BCUT2D eigenvalue weighted by Gasteiger charge is -2.12. The van der Waals surface area contributed by atoms with E-state index in [0.717, 1.165) is 11.6 Å². The standard InChI is InChI=1S/C11H11F2N5O2S/c12-16-7-3-1-4-8(11(7)17-13)21(19,20)18-10-6-2-5-9(14)15-10/h1-6,16-17H,(H3,14,15,18). The molecule has 0 amide bonds. The van der Waals surface area contributed by atoms with Crippen LogP contribution in [0.4, 0.5) is 32.0 Å². The van der Waals surface area contributed by atoms with Crippen LogP contribution in [0.2, 0.25) is 0 Å². The van der Waals surface area contributed by atoms with Gasteiger partial charge in [0.1, 0.15) is 22.2 Å². The average Bonchev–Trinajstić information content (AvgIpc) is 2.45. The van der Waals surface area contributed by atoms with Crippen LogP contribution in [0.25, 0.3) is 0 Å². The summed E-state index contributed by atoms with van der Waals surface area (Å²) in [6, 6.07) is 7.86. The average molecular weight is 315 g/mol. The molecule has 2 aromatic rings. The highest BCUT2D eigenvalue weighted by atomic mass is 32.2. The van der Waals surface area contributed by atoms with Crippen LogP contribution in [-0.2, 0) is 10.0 Å². The van der Waals surface area contributed by atoms with Crippen molar-refractivity contribution < 1.29 is 17.4 Å². The molecule has 21 heavy (non-hydrogen) atoms. The molecule has 1 heterocycles.